The van der Waals surface area contributed by atoms with E-state index in [2.05, 4.69) is 15.5 Å². The molecule has 8 heteroatoms. The fourth-order valence-corrected chi connectivity index (χ4v) is 3.21. The molecule has 0 spiro atoms. The molecule has 7 nitrogen and oxygen atoms in total. The van der Waals surface area contributed by atoms with Gasteiger partial charge in [-0.25, -0.2) is 8.42 Å². The van der Waals surface area contributed by atoms with Gasteiger partial charge in [-0.2, -0.15) is 9.40 Å². The third-order valence-corrected chi connectivity index (χ3v) is 4.87. The Bertz CT molecular complexity index is 493. The molecule has 1 aromatic rings. The number of ether oxygens (including phenoxy) is 1. The van der Waals surface area contributed by atoms with Crippen LogP contribution in [0.3, 0.4) is 0 Å². The fourth-order valence-electron chi connectivity index (χ4n) is 1.89. The van der Waals surface area contributed by atoms with Crippen molar-refractivity contribution in [1.82, 2.24) is 19.8 Å². The van der Waals surface area contributed by atoms with Crippen LogP contribution in [0.25, 0.3) is 0 Å². The Morgan fingerprint density at radius 3 is 2.94 bits per heavy atom. The predicted molar refractivity (Wildman–Crippen MR) is 65.8 cm³/mol. The Morgan fingerprint density at radius 2 is 2.39 bits per heavy atom. The van der Waals surface area contributed by atoms with E-state index in [1.807, 2.05) is 0 Å². The van der Waals surface area contributed by atoms with Crippen molar-refractivity contribution in [1.29, 1.82) is 0 Å². The van der Waals surface area contributed by atoms with E-state index in [1.165, 1.54) is 10.5 Å². The number of likely N-dealkylation sites (N-methyl/N-ethyl adjacent to an activating group) is 1. The number of aromatic amines is 1. The number of aromatic nitrogens is 2. The highest BCUT2D eigenvalue weighted by atomic mass is 32.2. The van der Waals surface area contributed by atoms with Crippen LogP contribution in [0.4, 0.5) is 0 Å². The van der Waals surface area contributed by atoms with Gasteiger partial charge in [0.25, 0.3) is 0 Å². The molecule has 2 N–H and O–H groups in total. The molecular weight excluding hydrogens is 256 g/mol. The molecule has 1 saturated heterocycles. The van der Waals surface area contributed by atoms with Gasteiger partial charge in [-0.1, -0.05) is 0 Å². The predicted octanol–water partition coefficient (Wildman–Crippen LogP) is -0.673. The number of aryl methyl sites for hydroxylation is 1. The third kappa shape index (κ3) is 2.72. The van der Waals surface area contributed by atoms with Crippen LogP contribution < -0.4 is 5.32 Å². The largest absolute Gasteiger partial charge is 0.374 e. The lowest BCUT2D eigenvalue weighted by atomic mass is 10.3. The first kappa shape index (κ1) is 13.5. The zero-order valence-electron chi connectivity index (χ0n) is 10.5. The molecule has 18 heavy (non-hydrogen) atoms. The van der Waals surface area contributed by atoms with Crippen molar-refractivity contribution in [3.63, 3.8) is 0 Å². The van der Waals surface area contributed by atoms with Gasteiger partial charge >= 0.3 is 0 Å². The summed E-state index contributed by atoms with van der Waals surface area (Å²) in [5.41, 5.74) is 0.546. The van der Waals surface area contributed by atoms with Crippen LogP contribution in [0, 0.1) is 6.92 Å². The monoisotopic (exact) mass is 274 g/mol. The summed E-state index contributed by atoms with van der Waals surface area (Å²) in [6, 6.07) is 0. The summed E-state index contributed by atoms with van der Waals surface area (Å²) in [6.07, 6.45) is 1.23. The van der Waals surface area contributed by atoms with Gasteiger partial charge in [-0.05, 0) is 6.92 Å². The minimum Gasteiger partial charge on any atom is -0.374 e. The van der Waals surface area contributed by atoms with Crippen molar-refractivity contribution in [3.05, 3.63) is 11.9 Å². The second-order valence-electron chi connectivity index (χ2n) is 4.34. The van der Waals surface area contributed by atoms with Crippen molar-refractivity contribution >= 4 is 10.0 Å². The van der Waals surface area contributed by atoms with Crippen LogP contribution in [-0.4, -0.2) is 62.3 Å². The lowest BCUT2D eigenvalue weighted by Crippen LogP contribution is -2.45. The van der Waals surface area contributed by atoms with E-state index >= 15 is 0 Å². The molecule has 2 heterocycles. The molecule has 1 atom stereocenters. The van der Waals surface area contributed by atoms with E-state index in [1.54, 1.807) is 14.0 Å². The average Bonchev–Trinajstić information content (AvgIpc) is 2.77. The normalized spacial score (nSPS) is 21.4. The molecule has 0 radical (unpaired) electrons. The third-order valence-electron chi connectivity index (χ3n) is 2.94. The summed E-state index contributed by atoms with van der Waals surface area (Å²) in [6.45, 7) is 4.12. The Kier molecular flexibility index (Phi) is 4.00. The van der Waals surface area contributed by atoms with E-state index in [9.17, 15) is 8.42 Å². The van der Waals surface area contributed by atoms with Gasteiger partial charge in [0.05, 0.1) is 24.6 Å². The average molecular weight is 274 g/mol. The van der Waals surface area contributed by atoms with Gasteiger partial charge < -0.3 is 10.1 Å². The van der Waals surface area contributed by atoms with Crippen LogP contribution in [0.5, 0.6) is 0 Å². The molecule has 0 aliphatic carbocycles. The number of rotatable bonds is 4. The number of nitrogens with zero attached hydrogens (tertiary/aromatic N) is 2. The summed E-state index contributed by atoms with van der Waals surface area (Å²) in [7, 11) is -1.94. The van der Waals surface area contributed by atoms with Gasteiger partial charge in [-0.15, -0.1) is 0 Å². The Labute approximate surface area is 107 Å². The molecule has 0 aromatic carbocycles. The molecular formula is C10H18N4O3S. The Morgan fingerprint density at radius 1 is 1.61 bits per heavy atom. The molecule has 0 bridgehead atoms. The maximum Gasteiger partial charge on any atom is 0.246 e. The van der Waals surface area contributed by atoms with E-state index < -0.39 is 10.0 Å². The Balaban J connectivity index is 2.08. The van der Waals surface area contributed by atoms with Gasteiger partial charge in [-0.3, -0.25) is 5.10 Å². The highest BCUT2D eigenvalue weighted by molar-refractivity contribution is 7.89. The van der Waals surface area contributed by atoms with Crippen molar-refractivity contribution < 1.29 is 13.2 Å². The van der Waals surface area contributed by atoms with Gasteiger partial charge in [0.15, 0.2) is 0 Å². The minimum absolute atomic E-state index is 0.106. The van der Waals surface area contributed by atoms with Crippen molar-refractivity contribution in [2.24, 2.45) is 0 Å². The van der Waals surface area contributed by atoms with Crippen molar-refractivity contribution in [2.45, 2.75) is 17.9 Å². The SMILES string of the molecule is Cc1[nH]ncc1S(=O)(=O)N(C)CC1CNCCO1. The van der Waals surface area contributed by atoms with Gasteiger partial charge in [0, 0.05) is 26.7 Å². The number of nitrogens with one attached hydrogen (secondary N) is 2. The van der Waals surface area contributed by atoms with E-state index in [4.69, 9.17) is 4.74 Å². The zero-order chi connectivity index (χ0) is 13.2. The van der Waals surface area contributed by atoms with Gasteiger partial charge in [0.1, 0.15) is 4.90 Å². The summed E-state index contributed by atoms with van der Waals surface area (Å²) in [5.74, 6) is 0. The standard InChI is InChI=1S/C10H18N4O3S/c1-8-10(6-12-13-8)18(15,16)14(2)7-9-5-11-3-4-17-9/h6,9,11H,3-5,7H2,1-2H3,(H,12,13). The van der Waals surface area contributed by atoms with Gasteiger partial charge in [0.2, 0.25) is 10.0 Å². The molecule has 1 aliphatic heterocycles. The first-order valence-electron chi connectivity index (χ1n) is 5.80. The lowest BCUT2D eigenvalue weighted by Gasteiger charge is -2.27. The number of hydrogen-bond donors (Lipinski definition) is 2. The Hall–Kier alpha value is -0.960. The smallest absolute Gasteiger partial charge is 0.246 e. The van der Waals surface area contributed by atoms with E-state index in [-0.39, 0.29) is 11.0 Å². The first-order chi connectivity index (χ1) is 8.51. The number of sulfonamides is 1. The summed E-state index contributed by atoms with van der Waals surface area (Å²) in [4.78, 5) is 0.216. The first-order valence-corrected chi connectivity index (χ1v) is 7.24. The van der Waals surface area contributed by atoms with Crippen LogP contribution in [0.1, 0.15) is 5.69 Å². The summed E-state index contributed by atoms with van der Waals surface area (Å²) < 4.78 is 31.4. The quantitative estimate of drug-likeness (QED) is 0.760. The summed E-state index contributed by atoms with van der Waals surface area (Å²) >= 11 is 0. The lowest BCUT2D eigenvalue weighted by molar-refractivity contribution is 0.0206. The molecule has 102 valence electrons. The molecule has 2 rings (SSSR count). The number of H-pyrrole nitrogens is 1. The van der Waals surface area contributed by atoms with Crippen LogP contribution in [0.15, 0.2) is 11.1 Å². The van der Waals surface area contributed by atoms with E-state index in [0.717, 1.165) is 6.54 Å². The number of hydrogen-bond acceptors (Lipinski definition) is 5. The summed E-state index contributed by atoms with van der Waals surface area (Å²) in [5, 5.41) is 9.55. The highest BCUT2D eigenvalue weighted by Gasteiger charge is 2.27. The fraction of sp³-hybridized carbons (Fsp3) is 0.700. The molecule has 1 aromatic heterocycles. The molecule has 1 unspecified atom stereocenters. The van der Waals surface area contributed by atoms with Crippen molar-refractivity contribution in [3.8, 4) is 0 Å². The second-order valence-corrected chi connectivity index (χ2v) is 6.36. The molecule has 1 fully saturated rings. The zero-order valence-corrected chi connectivity index (χ0v) is 11.3. The van der Waals surface area contributed by atoms with Crippen molar-refractivity contribution in [2.75, 3.05) is 33.3 Å². The number of morpholine rings is 1. The molecule has 1 aliphatic rings. The maximum atomic E-state index is 12.3. The van der Waals surface area contributed by atoms with Crippen LogP contribution in [0.2, 0.25) is 0 Å². The molecule has 0 amide bonds. The topological polar surface area (TPSA) is 87.3 Å². The minimum atomic E-state index is -3.49. The maximum absolute atomic E-state index is 12.3. The van der Waals surface area contributed by atoms with Crippen LogP contribution >= 0.6 is 0 Å². The second kappa shape index (κ2) is 5.35. The molecule has 0 saturated carbocycles. The van der Waals surface area contributed by atoms with E-state index in [0.29, 0.717) is 25.4 Å². The highest BCUT2D eigenvalue weighted by Crippen LogP contribution is 2.16. The van der Waals surface area contributed by atoms with Crippen LogP contribution in [-0.2, 0) is 14.8 Å².